The number of hydrogen-bond donors (Lipinski definition) is 1. The van der Waals surface area contributed by atoms with Crippen molar-refractivity contribution in [2.75, 3.05) is 6.54 Å². The molecule has 0 aromatic carbocycles. The predicted octanol–water partition coefficient (Wildman–Crippen LogP) is 3.28. The highest BCUT2D eigenvalue weighted by molar-refractivity contribution is 7.14. The van der Waals surface area contributed by atoms with Gasteiger partial charge in [0.15, 0.2) is 0 Å². The van der Waals surface area contributed by atoms with Crippen LogP contribution in [-0.2, 0) is 6.54 Å². The summed E-state index contributed by atoms with van der Waals surface area (Å²) in [7, 11) is 0. The van der Waals surface area contributed by atoms with E-state index < -0.39 is 5.97 Å². The van der Waals surface area contributed by atoms with E-state index in [2.05, 4.69) is 21.8 Å². The molecule has 2 aromatic rings. The van der Waals surface area contributed by atoms with Crippen molar-refractivity contribution in [3.8, 4) is 11.3 Å². The fraction of sp³-hybridized carbons (Fsp3) is 0.438. The van der Waals surface area contributed by atoms with E-state index in [-0.39, 0.29) is 0 Å². The third-order valence-corrected chi connectivity index (χ3v) is 5.11. The molecule has 3 rings (SSSR count). The molecule has 1 aliphatic heterocycles. The monoisotopic (exact) mass is 317 g/mol. The molecule has 1 atom stereocenters. The Labute approximate surface area is 133 Å². The van der Waals surface area contributed by atoms with Crippen LogP contribution in [0.5, 0.6) is 0 Å². The van der Waals surface area contributed by atoms with Gasteiger partial charge in [0.05, 0.1) is 12.2 Å². The van der Waals surface area contributed by atoms with Gasteiger partial charge in [-0.3, -0.25) is 9.88 Å². The van der Waals surface area contributed by atoms with Gasteiger partial charge < -0.3 is 5.11 Å². The normalized spacial score (nSPS) is 19.2. The Balaban J connectivity index is 1.88. The highest BCUT2D eigenvalue weighted by atomic mass is 32.1. The first-order valence-corrected chi connectivity index (χ1v) is 8.34. The van der Waals surface area contributed by atoms with Gasteiger partial charge >= 0.3 is 5.97 Å². The van der Waals surface area contributed by atoms with Gasteiger partial charge in [0.1, 0.15) is 9.88 Å². The number of carboxylic acids is 1. The minimum absolute atomic E-state index is 0.299. The quantitative estimate of drug-likeness (QED) is 0.937. The lowest BCUT2D eigenvalue weighted by Crippen LogP contribution is -2.36. The number of likely N-dealkylation sites (tertiary alicyclic amines) is 1. The van der Waals surface area contributed by atoms with E-state index in [1.54, 1.807) is 18.5 Å². The van der Waals surface area contributed by atoms with Crippen LogP contribution in [0.2, 0.25) is 0 Å². The van der Waals surface area contributed by atoms with Gasteiger partial charge in [-0.05, 0) is 38.4 Å². The molecule has 0 amide bonds. The first-order chi connectivity index (χ1) is 10.6. The highest BCUT2D eigenvalue weighted by Gasteiger charge is 2.23. The topological polar surface area (TPSA) is 66.3 Å². The van der Waals surface area contributed by atoms with Gasteiger partial charge in [-0.15, -0.1) is 11.3 Å². The zero-order valence-corrected chi connectivity index (χ0v) is 13.3. The van der Waals surface area contributed by atoms with Crippen molar-refractivity contribution in [3.63, 3.8) is 0 Å². The number of aromatic nitrogens is 2. The van der Waals surface area contributed by atoms with E-state index in [4.69, 9.17) is 0 Å². The van der Waals surface area contributed by atoms with Crippen LogP contribution in [0.4, 0.5) is 0 Å². The van der Waals surface area contributed by atoms with Crippen molar-refractivity contribution < 1.29 is 9.90 Å². The fourth-order valence-corrected chi connectivity index (χ4v) is 3.79. The standard InChI is InChI=1S/C16H19N3O2S/c1-11-5-2-3-8-19(11)10-13-18-14(15(22-13)16(20)21)12-6-4-7-17-9-12/h4,6-7,9,11H,2-3,5,8,10H2,1H3,(H,20,21). The lowest BCUT2D eigenvalue weighted by atomic mass is 10.0. The largest absolute Gasteiger partial charge is 0.477 e. The number of rotatable bonds is 4. The molecule has 0 aliphatic carbocycles. The van der Waals surface area contributed by atoms with Crippen LogP contribution in [0, 0.1) is 0 Å². The molecule has 2 aromatic heterocycles. The maximum Gasteiger partial charge on any atom is 0.348 e. The summed E-state index contributed by atoms with van der Waals surface area (Å²) in [6.07, 6.45) is 7.02. The molecule has 5 nitrogen and oxygen atoms in total. The maximum atomic E-state index is 11.5. The molecule has 1 N–H and O–H groups in total. The van der Waals surface area contributed by atoms with E-state index in [1.807, 2.05) is 6.07 Å². The van der Waals surface area contributed by atoms with Gasteiger partial charge in [0.25, 0.3) is 0 Å². The Morgan fingerprint density at radius 3 is 3.05 bits per heavy atom. The van der Waals surface area contributed by atoms with Gasteiger partial charge in [-0.2, -0.15) is 0 Å². The second-order valence-corrected chi connectivity index (χ2v) is 6.73. The Bertz CT molecular complexity index is 657. The number of aromatic carboxylic acids is 1. The molecule has 0 bridgehead atoms. The van der Waals surface area contributed by atoms with Crippen LogP contribution in [0.3, 0.4) is 0 Å². The number of thiazole rings is 1. The smallest absolute Gasteiger partial charge is 0.348 e. The Morgan fingerprint density at radius 1 is 1.50 bits per heavy atom. The van der Waals surface area contributed by atoms with Gasteiger partial charge in [-0.1, -0.05) is 6.42 Å². The van der Waals surface area contributed by atoms with Crippen molar-refractivity contribution in [1.82, 2.24) is 14.9 Å². The molecule has 1 aliphatic rings. The van der Waals surface area contributed by atoms with Crippen molar-refractivity contribution in [2.45, 2.75) is 38.8 Å². The van der Waals surface area contributed by atoms with Crippen molar-refractivity contribution in [1.29, 1.82) is 0 Å². The molecule has 1 saturated heterocycles. The van der Waals surface area contributed by atoms with E-state index in [0.717, 1.165) is 23.7 Å². The van der Waals surface area contributed by atoms with E-state index in [1.165, 1.54) is 30.6 Å². The Morgan fingerprint density at radius 2 is 2.36 bits per heavy atom. The molecule has 1 unspecified atom stereocenters. The van der Waals surface area contributed by atoms with Gasteiger partial charge in [-0.25, -0.2) is 9.78 Å². The number of piperidine rings is 1. The lowest BCUT2D eigenvalue weighted by Gasteiger charge is -2.32. The second kappa shape index (κ2) is 6.54. The van der Waals surface area contributed by atoms with Crippen LogP contribution in [0.15, 0.2) is 24.5 Å². The lowest BCUT2D eigenvalue weighted by molar-refractivity contribution is 0.0702. The molecule has 116 valence electrons. The molecule has 0 saturated carbocycles. The third kappa shape index (κ3) is 3.18. The molecule has 6 heteroatoms. The Kier molecular flexibility index (Phi) is 4.49. The summed E-state index contributed by atoms with van der Waals surface area (Å²) in [6, 6.07) is 4.18. The van der Waals surface area contributed by atoms with Crippen LogP contribution in [-0.4, -0.2) is 38.5 Å². The number of pyridine rings is 1. The molecule has 3 heterocycles. The molecule has 22 heavy (non-hydrogen) atoms. The van der Waals surface area contributed by atoms with E-state index in [0.29, 0.717) is 16.6 Å². The SMILES string of the molecule is CC1CCCCN1Cc1nc(-c2cccnc2)c(C(=O)O)s1. The zero-order chi connectivity index (χ0) is 15.5. The minimum Gasteiger partial charge on any atom is -0.477 e. The van der Waals surface area contributed by atoms with Crippen molar-refractivity contribution in [2.24, 2.45) is 0 Å². The van der Waals surface area contributed by atoms with Crippen LogP contribution in [0.1, 0.15) is 40.9 Å². The average molecular weight is 317 g/mol. The first-order valence-electron chi connectivity index (χ1n) is 7.52. The molecular formula is C16H19N3O2S. The summed E-state index contributed by atoms with van der Waals surface area (Å²) in [5, 5.41) is 10.3. The molecular weight excluding hydrogens is 298 g/mol. The summed E-state index contributed by atoms with van der Waals surface area (Å²) in [6.45, 7) is 4.02. The highest BCUT2D eigenvalue weighted by Crippen LogP contribution is 2.29. The summed E-state index contributed by atoms with van der Waals surface area (Å²) >= 11 is 1.28. The fourth-order valence-electron chi connectivity index (χ4n) is 2.84. The van der Waals surface area contributed by atoms with Crippen molar-refractivity contribution >= 4 is 17.3 Å². The Hall–Kier alpha value is -1.79. The van der Waals surface area contributed by atoms with Crippen LogP contribution >= 0.6 is 11.3 Å². The maximum absolute atomic E-state index is 11.5. The number of nitrogens with zero attached hydrogens (tertiary/aromatic N) is 3. The number of carbonyl (C=O) groups is 1. The number of carboxylic acid groups (broad SMARTS) is 1. The zero-order valence-electron chi connectivity index (χ0n) is 12.5. The summed E-state index contributed by atoms with van der Waals surface area (Å²) in [5.74, 6) is -0.922. The van der Waals surface area contributed by atoms with Crippen molar-refractivity contribution in [3.05, 3.63) is 34.4 Å². The predicted molar refractivity (Wildman–Crippen MR) is 86.0 cm³/mol. The van der Waals surface area contributed by atoms with Gasteiger partial charge in [0, 0.05) is 24.0 Å². The second-order valence-electron chi connectivity index (χ2n) is 5.65. The average Bonchev–Trinajstić information content (AvgIpc) is 2.95. The summed E-state index contributed by atoms with van der Waals surface area (Å²) in [4.78, 5) is 22.8. The van der Waals surface area contributed by atoms with Crippen LogP contribution < -0.4 is 0 Å². The summed E-state index contributed by atoms with van der Waals surface area (Å²) in [5.41, 5.74) is 1.29. The van der Waals surface area contributed by atoms with Crippen LogP contribution in [0.25, 0.3) is 11.3 Å². The minimum atomic E-state index is -0.922. The summed E-state index contributed by atoms with van der Waals surface area (Å²) < 4.78 is 0. The first kappa shape index (κ1) is 15.1. The molecule has 0 spiro atoms. The number of hydrogen-bond acceptors (Lipinski definition) is 5. The van der Waals surface area contributed by atoms with E-state index >= 15 is 0 Å². The van der Waals surface area contributed by atoms with Gasteiger partial charge in [0.2, 0.25) is 0 Å². The molecule has 0 radical (unpaired) electrons. The third-order valence-electron chi connectivity index (χ3n) is 4.08. The molecule has 1 fully saturated rings. The van der Waals surface area contributed by atoms with E-state index in [9.17, 15) is 9.90 Å².